The van der Waals surface area contributed by atoms with Crippen LogP contribution in [0.1, 0.15) is 44.2 Å². The van der Waals surface area contributed by atoms with E-state index >= 15 is 0 Å². The molecular weight excluding hydrogens is 286 g/mol. The number of hydrogen-bond donors (Lipinski definition) is 1. The molecule has 0 bridgehead atoms. The van der Waals surface area contributed by atoms with Crippen molar-refractivity contribution in [3.8, 4) is 11.4 Å². The van der Waals surface area contributed by atoms with Crippen LogP contribution in [0.3, 0.4) is 0 Å². The van der Waals surface area contributed by atoms with Crippen molar-refractivity contribution >= 4 is 11.0 Å². The molecule has 1 aromatic heterocycles. The van der Waals surface area contributed by atoms with E-state index in [0.717, 1.165) is 35.9 Å². The van der Waals surface area contributed by atoms with E-state index in [1.54, 1.807) is 0 Å². The highest BCUT2D eigenvalue weighted by atomic mass is 16.3. The van der Waals surface area contributed by atoms with Crippen LogP contribution in [0.4, 0.5) is 0 Å². The molecule has 3 rings (SSSR count). The second kappa shape index (κ2) is 6.82. The fourth-order valence-corrected chi connectivity index (χ4v) is 2.76. The smallest absolute Gasteiger partial charge is 0.143 e. The van der Waals surface area contributed by atoms with Gasteiger partial charge in [-0.05, 0) is 54.7 Å². The predicted molar refractivity (Wildman–Crippen MR) is 93.1 cm³/mol. The second-order valence-electron chi connectivity index (χ2n) is 5.95. The molecule has 2 aromatic carbocycles. The van der Waals surface area contributed by atoms with Crippen molar-refractivity contribution in [3.05, 3.63) is 47.5 Å². The minimum absolute atomic E-state index is 0.231. The monoisotopic (exact) mass is 309 g/mol. The van der Waals surface area contributed by atoms with E-state index in [1.165, 1.54) is 23.2 Å². The van der Waals surface area contributed by atoms with Crippen LogP contribution in [0.25, 0.3) is 16.7 Å². The molecule has 0 unspecified atom stereocenters. The average Bonchev–Trinajstić information content (AvgIpc) is 2.97. The molecule has 0 saturated carbocycles. The van der Waals surface area contributed by atoms with E-state index in [9.17, 15) is 5.11 Å². The van der Waals surface area contributed by atoms with E-state index in [-0.39, 0.29) is 5.75 Å². The Balaban J connectivity index is 1.89. The molecule has 0 radical (unpaired) electrons. The first-order valence-corrected chi connectivity index (χ1v) is 8.39. The lowest BCUT2D eigenvalue weighted by Crippen LogP contribution is -1.99. The summed E-state index contributed by atoms with van der Waals surface area (Å²) in [6.07, 6.45) is 5.54. The summed E-state index contributed by atoms with van der Waals surface area (Å²) >= 11 is 0. The lowest BCUT2D eigenvalue weighted by Gasteiger charge is -2.06. The first kappa shape index (κ1) is 15.5. The number of fused-ring (bicyclic) bond motifs is 1. The van der Waals surface area contributed by atoms with Crippen molar-refractivity contribution < 1.29 is 5.11 Å². The van der Waals surface area contributed by atoms with Crippen LogP contribution < -0.4 is 0 Å². The zero-order valence-corrected chi connectivity index (χ0v) is 13.8. The molecule has 0 aliphatic heterocycles. The number of phenols is 1. The summed E-state index contributed by atoms with van der Waals surface area (Å²) in [7, 11) is 0. The molecule has 1 N–H and O–H groups in total. The molecule has 0 saturated heterocycles. The zero-order valence-electron chi connectivity index (χ0n) is 13.8. The number of rotatable bonds is 6. The van der Waals surface area contributed by atoms with Crippen LogP contribution in [0, 0.1) is 0 Å². The molecule has 0 fully saturated rings. The minimum atomic E-state index is 0.231. The van der Waals surface area contributed by atoms with Gasteiger partial charge in [-0.25, -0.2) is 0 Å². The van der Waals surface area contributed by atoms with Crippen LogP contribution in [-0.4, -0.2) is 20.1 Å². The van der Waals surface area contributed by atoms with Gasteiger partial charge in [0.05, 0.1) is 0 Å². The number of benzene rings is 2. The molecule has 0 amide bonds. The third-order valence-corrected chi connectivity index (χ3v) is 4.18. The van der Waals surface area contributed by atoms with E-state index in [4.69, 9.17) is 0 Å². The summed E-state index contributed by atoms with van der Waals surface area (Å²) in [5.74, 6) is 0.231. The maximum Gasteiger partial charge on any atom is 0.143 e. The number of unbranched alkanes of at least 4 members (excludes halogenated alkanes) is 2. The fourth-order valence-electron chi connectivity index (χ4n) is 2.76. The summed E-state index contributed by atoms with van der Waals surface area (Å²) in [6.45, 7) is 4.31. The Bertz CT molecular complexity index is 807. The summed E-state index contributed by atoms with van der Waals surface area (Å²) in [5, 5.41) is 19.3. The highest BCUT2D eigenvalue weighted by molar-refractivity contribution is 5.74. The standard InChI is InChI=1S/C19H23N3O/c1-3-5-6-7-15-9-11-18(19(23)13-15)22-20-16-10-8-14(4-2)12-17(16)21-22/h8-13,23H,3-7H2,1-2H3. The Morgan fingerprint density at radius 3 is 2.43 bits per heavy atom. The predicted octanol–water partition coefficient (Wildman–Crippen LogP) is 4.42. The van der Waals surface area contributed by atoms with Gasteiger partial charge in [0.1, 0.15) is 22.5 Å². The Morgan fingerprint density at radius 1 is 0.913 bits per heavy atom. The molecule has 4 heteroatoms. The zero-order chi connectivity index (χ0) is 16.2. The van der Waals surface area contributed by atoms with Gasteiger partial charge in [0.2, 0.25) is 0 Å². The molecule has 0 atom stereocenters. The molecule has 0 spiro atoms. The van der Waals surface area contributed by atoms with Gasteiger partial charge in [-0.1, -0.05) is 38.8 Å². The quantitative estimate of drug-likeness (QED) is 0.686. The van der Waals surface area contributed by atoms with E-state index < -0.39 is 0 Å². The van der Waals surface area contributed by atoms with Gasteiger partial charge in [0.25, 0.3) is 0 Å². The number of aromatic hydroxyl groups is 1. The van der Waals surface area contributed by atoms with Crippen molar-refractivity contribution in [2.45, 2.75) is 46.0 Å². The molecule has 4 nitrogen and oxygen atoms in total. The number of nitrogens with zero attached hydrogens (tertiary/aromatic N) is 3. The van der Waals surface area contributed by atoms with Crippen molar-refractivity contribution in [3.63, 3.8) is 0 Å². The third-order valence-electron chi connectivity index (χ3n) is 4.18. The summed E-state index contributed by atoms with van der Waals surface area (Å²) in [5.41, 5.74) is 4.72. The number of aromatic nitrogens is 3. The summed E-state index contributed by atoms with van der Waals surface area (Å²) < 4.78 is 0. The Labute approximate surface area is 136 Å². The maximum atomic E-state index is 10.3. The summed E-state index contributed by atoms with van der Waals surface area (Å²) in [4.78, 5) is 1.52. The highest BCUT2D eigenvalue weighted by Gasteiger charge is 2.10. The van der Waals surface area contributed by atoms with Crippen molar-refractivity contribution in [1.82, 2.24) is 15.0 Å². The molecule has 0 aliphatic carbocycles. The Hall–Kier alpha value is -2.36. The van der Waals surface area contributed by atoms with E-state index in [1.807, 2.05) is 18.2 Å². The average molecular weight is 309 g/mol. The van der Waals surface area contributed by atoms with E-state index in [0.29, 0.717) is 5.69 Å². The van der Waals surface area contributed by atoms with Crippen molar-refractivity contribution in [1.29, 1.82) is 0 Å². The maximum absolute atomic E-state index is 10.3. The Morgan fingerprint density at radius 2 is 1.70 bits per heavy atom. The van der Waals surface area contributed by atoms with Gasteiger partial charge >= 0.3 is 0 Å². The summed E-state index contributed by atoms with van der Waals surface area (Å²) in [6, 6.07) is 11.9. The molecule has 1 heterocycles. The van der Waals surface area contributed by atoms with Gasteiger partial charge in [0.15, 0.2) is 0 Å². The minimum Gasteiger partial charge on any atom is -0.506 e. The van der Waals surface area contributed by atoms with Gasteiger partial charge < -0.3 is 5.11 Å². The lowest BCUT2D eigenvalue weighted by molar-refractivity contribution is 0.467. The van der Waals surface area contributed by atoms with Crippen LogP contribution in [-0.2, 0) is 12.8 Å². The molecule has 120 valence electrons. The largest absolute Gasteiger partial charge is 0.506 e. The fraction of sp³-hybridized carbons (Fsp3) is 0.368. The van der Waals surface area contributed by atoms with Gasteiger partial charge in [-0.2, -0.15) is 0 Å². The van der Waals surface area contributed by atoms with Crippen LogP contribution in [0.15, 0.2) is 36.4 Å². The molecule has 3 aromatic rings. The molecule has 0 aliphatic rings. The Kier molecular flexibility index (Phi) is 4.60. The lowest BCUT2D eigenvalue weighted by atomic mass is 10.1. The van der Waals surface area contributed by atoms with Gasteiger partial charge in [0, 0.05) is 0 Å². The van der Waals surface area contributed by atoms with E-state index in [2.05, 4.69) is 42.2 Å². The van der Waals surface area contributed by atoms with Crippen LogP contribution >= 0.6 is 0 Å². The second-order valence-corrected chi connectivity index (χ2v) is 5.95. The number of aryl methyl sites for hydroxylation is 2. The SMILES string of the molecule is CCCCCc1ccc(-n2nc3ccc(CC)cc3n2)c(O)c1. The molecular formula is C19H23N3O. The number of phenolic OH excluding ortho intramolecular Hbond substituents is 1. The van der Waals surface area contributed by atoms with Crippen molar-refractivity contribution in [2.75, 3.05) is 0 Å². The third kappa shape index (κ3) is 3.36. The van der Waals surface area contributed by atoms with Crippen LogP contribution in [0.2, 0.25) is 0 Å². The highest BCUT2D eigenvalue weighted by Crippen LogP contribution is 2.24. The molecule has 23 heavy (non-hydrogen) atoms. The van der Waals surface area contributed by atoms with Crippen molar-refractivity contribution in [2.24, 2.45) is 0 Å². The van der Waals surface area contributed by atoms with Gasteiger partial charge in [-0.3, -0.25) is 0 Å². The number of hydrogen-bond acceptors (Lipinski definition) is 3. The first-order valence-electron chi connectivity index (χ1n) is 8.39. The topological polar surface area (TPSA) is 50.9 Å². The van der Waals surface area contributed by atoms with Gasteiger partial charge in [-0.15, -0.1) is 15.0 Å². The first-order chi connectivity index (χ1) is 11.2. The normalized spacial score (nSPS) is 11.2. The van der Waals surface area contributed by atoms with Crippen LogP contribution in [0.5, 0.6) is 5.75 Å².